The first-order valence-electron chi connectivity index (χ1n) is 6.72. The summed E-state index contributed by atoms with van der Waals surface area (Å²) in [5.41, 5.74) is 2.15. The number of carbonyl (C=O) groups excluding carboxylic acids is 1. The maximum Gasteiger partial charge on any atom is 0.236 e. The zero-order valence-corrected chi connectivity index (χ0v) is 14.1. The first kappa shape index (κ1) is 15.3. The third-order valence-corrected chi connectivity index (χ3v) is 5.52. The van der Waals surface area contributed by atoms with Crippen LogP contribution in [0.25, 0.3) is 10.6 Å². The van der Waals surface area contributed by atoms with Crippen molar-refractivity contribution in [3.05, 3.63) is 58.8 Å². The molecule has 0 aliphatic heterocycles. The molecule has 0 fully saturated rings. The third-order valence-electron chi connectivity index (χ3n) is 2.87. The number of benzene rings is 1. The highest BCUT2D eigenvalue weighted by atomic mass is 32.2. The summed E-state index contributed by atoms with van der Waals surface area (Å²) in [6.07, 6.45) is 0. The first-order valence-corrected chi connectivity index (χ1v) is 9.63. The number of thioether (sulfide) groups is 1. The maximum absolute atomic E-state index is 11.9. The minimum absolute atomic E-state index is 0.00647. The molecular weight excluding hydrogens is 332 g/mol. The van der Waals surface area contributed by atoms with Gasteiger partial charge in [-0.25, -0.2) is 4.98 Å². The second kappa shape index (κ2) is 7.58. The Morgan fingerprint density at radius 1 is 1.14 bits per heavy atom. The Balaban J connectivity index is 1.48. The van der Waals surface area contributed by atoms with Gasteiger partial charge >= 0.3 is 0 Å². The van der Waals surface area contributed by atoms with E-state index in [2.05, 4.69) is 22.4 Å². The van der Waals surface area contributed by atoms with Crippen LogP contribution in [0.5, 0.6) is 0 Å². The van der Waals surface area contributed by atoms with Gasteiger partial charge in [0.05, 0.1) is 16.3 Å². The van der Waals surface area contributed by atoms with Gasteiger partial charge in [0.15, 0.2) is 5.13 Å². The first-order chi connectivity index (χ1) is 10.8. The zero-order valence-electron chi connectivity index (χ0n) is 11.7. The molecule has 0 aliphatic carbocycles. The average molecular weight is 347 g/mol. The van der Waals surface area contributed by atoms with Gasteiger partial charge in [0.25, 0.3) is 0 Å². The van der Waals surface area contributed by atoms with Gasteiger partial charge in [-0.2, -0.15) is 0 Å². The van der Waals surface area contributed by atoms with E-state index < -0.39 is 0 Å². The molecule has 6 heteroatoms. The lowest BCUT2D eigenvalue weighted by molar-refractivity contribution is -0.113. The molecule has 112 valence electrons. The van der Waals surface area contributed by atoms with Crippen molar-refractivity contribution >= 4 is 45.5 Å². The van der Waals surface area contributed by atoms with E-state index in [0.717, 1.165) is 16.3 Å². The summed E-state index contributed by atoms with van der Waals surface area (Å²) >= 11 is 4.71. The number of hydrogen-bond acceptors (Lipinski definition) is 5. The van der Waals surface area contributed by atoms with E-state index in [1.807, 2.05) is 41.1 Å². The Hall–Kier alpha value is -1.63. The summed E-state index contributed by atoms with van der Waals surface area (Å²) in [5, 5.41) is 7.52. The molecule has 1 aromatic carbocycles. The lowest BCUT2D eigenvalue weighted by Gasteiger charge is -2.02. The van der Waals surface area contributed by atoms with Crippen LogP contribution in [0.1, 0.15) is 5.56 Å². The van der Waals surface area contributed by atoms with E-state index in [1.54, 1.807) is 23.1 Å². The van der Waals surface area contributed by atoms with Gasteiger partial charge in [0.1, 0.15) is 0 Å². The minimum atomic E-state index is -0.00647. The van der Waals surface area contributed by atoms with Crippen molar-refractivity contribution in [3.63, 3.8) is 0 Å². The van der Waals surface area contributed by atoms with Gasteiger partial charge in [-0.1, -0.05) is 36.4 Å². The molecule has 0 unspecified atom stereocenters. The molecule has 1 amide bonds. The smallest absolute Gasteiger partial charge is 0.236 e. The van der Waals surface area contributed by atoms with E-state index in [0.29, 0.717) is 10.9 Å². The van der Waals surface area contributed by atoms with E-state index in [-0.39, 0.29) is 5.91 Å². The monoisotopic (exact) mass is 346 g/mol. The number of anilines is 1. The third kappa shape index (κ3) is 4.19. The fourth-order valence-corrected chi connectivity index (χ4v) is 4.14. The molecule has 0 bridgehead atoms. The van der Waals surface area contributed by atoms with E-state index in [9.17, 15) is 4.79 Å². The van der Waals surface area contributed by atoms with Gasteiger partial charge in [0.2, 0.25) is 5.91 Å². The second-order valence-corrected chi connectivity index (χ2v) is 7.33. The van der Waals surface area contributed by atoms with Crippen LogP contribution in [0.3, 0.4) is 0 Å². The van der Waals surface area contributed by atoms with Crippen LogP contribution in [0.2, 0.25) is 0 Å². The summed E-state index contributed by atoms with van der Waals surface area (Å²) < 4.78 is 0. The highest BCUT2D eigenvalue weighted by molar-refractivity contribution is 7.99. The highest BCUT2D eigenvalue weighted by Gasteiger charge is 2.08. The number of rotatable bonds is 6. The number of aromatic nitrogens is 1. The summed E-state index contributed by atoms with van der Waals surface area (Å²) in [5.74, 6) is 1.27. The van der Waals surface area contributed by atoms with Crippen LogP contribution in [0.4, 0.5) is 5.13 Å². The van der Waals surface area contributed by atoms with Gasteiger partial charge in [-0.15, -0.1) is 34.4 Å². The van der Waals surface area contributed by atoms with Crippen molar-refractivity contribution in [1.82, 2.24) is 4.98 Å². The number of nitrogens with zero attached hydrogens (tertiary/aromatic N) is 1. The van der Waals surface area contributed by atoms with Gasteiger partial charge < -0.3 is 5.32 Å². The summed E-state index contributed by atoms with van der Waals surface area (Å²) in [4.78, 5) is 17.5. The summed E-state index contributed by atoms with van der Waals surface area (Å²) in [7, 11) is 0. The average Bonchev–Trinajstić information content (AvgIpc) is 3.19. The molecule has 0 spiro atoms. The van der Waals surface area contributed by atoms with E-state index >= 15 is 0 Å². The van der Waals surface area contributed by atoms with Crippen LogP contribution in [0, 0.1) is 0 Å². The van der Waals surface area contributed by atoms with Crippen molar-refractivity contribution in [2.45, 2.75) is 5.75 Å². The SMILES string of the molecule is O=C(CSCc1ccccc1)Nc1nc(-c2cccs2)cs1. The highest BCUT2D eigenvalue weighted by Crippen LogP contribution is 2.28. The molecule has 1 N–H and O–H groups in total. The minimum Gasteiger partial charge on any atom is -0.301 e. The molecule has 0 aliphatic rings. The number of thiophene rings is 1. The predicted octanol–water partition coefficient (Wildman–Crippen LogP) is 4.74. The van der Waals surface area contributed by atoms with Gasteiger partial charge in [0, 0.05) is 11.1 Å². The number of amides is 1. The normalized spacial score (nSPS) is 10.5. The quantitative estimate of drug-likeness (QED) is 0.701. The topological polar surface area (TPSA) is 42.0 Å². The molecule has 22 heavy (non-hydrogen) atoms. The fourth-order valence-electron chi connectivity index (χ4n) is 1.86. The van der Waals surface area contributed by atoms with Crippen LogP contribution in [0.15, 0.2) is 53.2 Å². The zero-order chi connectivity index (χ0) is 15.2. The molecule has 2 aromatic heterocycles. The molecule has 3 aromatic rings. The standard InChI is InChI=1S/C16H14N2OS3/c19-15(11-20-9-12-5-2-1-3-6-12)18-16-17-13(10-22-16)14-7-4-8-21-14/h1-8,10H,9,11H2,(H,17,18,19). The lowest BCUT2D eigenvalue weighted by Crippen LogP contribution is -2.13. The molecule has 0 atom stereocenters. The van der Waals surface area contributed by atoms with Crippen molar-refractivity contribution in [2.24, 2.45) is 0 Å². The van der Waals surface area contributed by atoms with Crippen molar-refractivity contribution in [2.75, 3.05) is 11.1 Å². The molecular formula is C16H14N2OS3. The predicted molar refractivity (Wildman–Crippen MR) is 96.7 cm³/mol. The summed E-state index contributed by atoms with van der Waals surface area (Å²) in [6, 6.07) is 14.2. The summed E-state index contributed by atoms with van der Waals surface area (Å²) in [6.45, 7) is 0. The van der Waals surface area contributed by atoms with Crippen LogP contribution in [-0.4, -0.2) is 16.6 Å². The molecule has 3 rings (SSSR count). The van der Waals surface area contributed by atoms with E-state index in [4.69, 9.17) is 0 Å². The molecule has 0 radical (unpaired) electrons. The van der Waals surface area contributed by atoms with Crippen molar-refractivity contribution in [1.29, 1.82) is 0 Å². The number of carbonyl (C=O) groups is 1. The Labute approximate surface area is 141 Å². The fraction of sp³-hybridized carbons (Fsp3) is 0.125. The number of hydrogen-bond donors (Lipinski definition) is 1. The van der Waals surface area contributed by atoms with Crippen LogP contribution >= 0.6 is 34.4 Å². The molecule has 2 heterocycles. The van der Waals surface area contributed by atoms with Gasteiger partial charge in [-0.05, 0) is 17.0 Å². The Morgan fingerprint density at radius 2 is 2.00 bits per heavy atom. The van der Waals surface area contributed by atoms with Crippen molar-refractivity contribution < 1.29 is 4.79 Å². The number of nitrogens with one attached hydrogen (secondary N) is 1. The van der Waals surface area contributed by atoms with Crippen molar-refractivity contribution in [3.8, 4) is 10.6 Å². The Kier molecular flexibility index (Phi) is 5.26. The van der Waals surface area contributed by atoms with Gasteiger partial charge in [-0.3, -0.25) is 4.79 Å². The van der Waals surface area contributed by atoms with Crippen LogP contribution < -0.4 is 5.32 Å². The molecule has 0 saturated carbocycles. The Morgan fingerprint density at radius 3 is 2.77 bits per heavy atom. The lowest BCUT2D eigenvalue weighted by atomic mass is 10.2. The molecule has 0 saturated heterocycles. The second-order valence-electron chi connectivity index (χ2n) is 4.54. The Bertz CT molecular complexity index is 723. The number of thiazole rings is 1. The maximum atomic E-state index is 11.9. The van der Waals surface area contributed by atoms with E-state index in [1.165, 1.54) is 16.9 Å². The largest absolute Gasteiger partial charge is 0.301 e. The molecule has 3 nitrogen and oxygen atoms in total. The van der Waals surface area contributed by atoms with Crippen LogP contribution in [-0.2, 0) is 10.5 Å².